The van der Waals surface area contributed by atoms with E-state index in [9.17, 15) is 4.79 Å². The minimum absolute atomic E-state index is 0.0462. The third-order valence-electron chi connectivity index (χ3n) is 2.94. The molecule has 1 aromatic carbocycles. The van der Waals surface area contributed by atoms with Crippen LogP contribution in [0.3, 0.4) is 0 Å². The number of hydrogen-bond acceptors (Lipinski definition) is 4. The maximum atomic E-state index is 11.7. The molecule has 1 aromatic heterocycles. The Morgan fingerprint density at radius 3 is 2.62 bits per heavy atom. The number of benzene rings is 1. The van der Waals surface area contributed by atoms with Gasteiger partial charge in [-0.15, -0.1) is 0 Å². The minimum atomic E-state index is -0.385. The van der Waals surface area contributed by atoms with Crippen molar-refractivity contribution in [2.45, 2.75) is 6.61 Å². The van der Waals surface area contributed by atoms with E-state index in [2.05, 4.69) is 5.16 Å². The summed E-state index contributed by atoms with van der Waals surface area (Å²) in [5, 5.41) is 4.61. The lowest BCUT2D eigenvalue weighted by Crippen LogP contribution is -2.13. The molecule has 0 N–H and O–H groups in total. The summed E-state index contributed by atoms with van der Waals surface area (Å²) in [4.78, 5) is 11.7. The maximum absolute atomic E-state index is 11.7. The van der Waals surface area contributed by atoms with Crippen LogP contribution in [0, 0.1) is 31.6 Å². The van der Waals surface area contributed by atoms with E-state index in [0.29, 0.717) is 22.4 Å². The van der Waals surface area contributed by atoms with Crippen LogP contribution in [0.2, 0.25) is 5.02 Å². The zero-order valence-electron chi connectivity index (χ0n) is 11.0. The fraction of sp³-hybridized carbons (Fsp3) is 0.0625. The van der Waals surface area contributed by atoms with Crippen LogP contribution in [0.25, 0.3) is 11.3 Å². The van der Waals surface area contributed by atoms with E-state index in [1.165, 1.54) is 0 Å². The Morgan fingerprint density at radius 1 is 1.19 bits per heavy atom. The van der Waals surface area contributed by atoms with E-state index in [0.717, 1.165) is 5.56 Å². The highest BCUT2D eigenvalue weighted by molar-refractivity contribution is 6.30. The van der Waals surface area contributed by atoms with Gasteiger partial charge in [0.05, 0.1) is 5.92 Å². The van der Waals surface area contributed by atoms with Crippen molar-refractivity contribution in [3.05, 3.63) is 72.7 Å². The normalized spacial score (nSPS) is 15.3. The van der Waals surface area contributed by atoms with Gasteiger partial charge in [-0.3, -0.25) is 4.79 Å². The molecule has 2 aromatic rings. The first-order valence-electron chi connectivity index (χ1n) is 6.33. The first-order valence-corrected chi connectivity index (χ1v) is 6.70. The van der Waals surface area contributed by atoms with E-state index < -0.39 is 0 Å². The van der Waals surface area contributed by atoms with Crippen molar-refractivity contribution in [1.29, 1.82) is 0 Å². The molecule has 1 fully saturated rings. The molecule has 5 radical (unpaired) electrons. The Bertz CT molecular complexity index is 615. The second-order valence-electron chi connectivity index (χ2n) is 4.44. The predicted molar refractivity (Wildman–Crippen MR) is 77.2 cm³/mol. The molecule has 0 saturated heterocycles. The Labute approximate surface area is 128 Å². The summed E-state index contributed by atoms with van der Waals surface area (Å²) in [6.45, 7) is 0.0462. The molecule has 0 bridgehead atoms. The van der Waals surface area contributed by atoms with Crippen LogP contribution in [0.4, 0.5) is 0 Å². The Morgan fingerprint density at radius 2 is 1.90 bits per heavy atom. The van der Waals surface area contributed by atoms with Crippen LogP contribution >= 0.6 is 11.6 Å². The lowest BCUT2D eigenvalue weighted by molar-refractivity contribution is -0.142. The molecular weight excluding hydrogens is 290 g/mol. The highest BCUT2D eigenvalue weighted by atomic mass is 35.5. The highest BCUT2D eigenvalue weighted by Gasteiger charge is 2.26. The molecule has 0 aliphatic heterocycles. The van der Waals surface area contributed by atoms with Crippen LogP contribution in [-0.4, -0.2) is 11.1 Å². The maximum Gasteiger partial charge on any atom is 0.314 e. The van der Waals surface area contributed by atoms with Crippen molar-refractivity contribution in [2.24, 2.45) is 0 Å². The predicted octanol–water partition coefficient (Wildman–Crippen LogP) is 3.44. The number of hydrogen-bond donors (Lipinski definition) is 0. The standard InChI is InChI=1S/C16H11ClNO3/c17-13-7-5-11(6-8-13)15-9-14(21-18-15)10-20-16(19)12-3-1-2-4-12/h1-9H,10H2. The van der Waals surface area contributed by atoms with E-state index >= 15 is 0 Å². The van der Waals surface area contributed by atoms with E-state index in [1.54, 1.807) is 43.9 Å². The summed E-state index contributed by atoms with van der Waals surface area (Å²) in [5.41, 5.74) is 1.56. The van der Waals surface area contributed by atoms with Gasteiger partial charge in [-0.1, -0.05) is 28.9 Å². The van der Waals surface area contributed by atoms with Gasteiger partial charge in [0.1, 0.15) is 5.69 Å². The largest absolute Gasteiger partial charge is 0.457 e. The van der Waals surface area contributed by atoms with Gasteiger partial charge >= 0.3 is 5.97 Å². The molecule has 1 aliphatic carbocycles. The topological polar surface area (TPSA) is 52.3 Å². The van der Waals surface area contributed by atoms with Gasteiger partial charge in [-0.2, -0.15) is 0 Å². The van der Waals surface area contributed by atoms with Crippen molar-refractivity contribution in [3.63, 3.8) is 0 Å². The number of esters is 1. The van der Waals surface area contributed by atoms with Gasteiger partial charge in [0.15, 0.2) is 12.4 Å². The van der Waals surface area contributed by atoms with Crippen LogP contribution in [-0.2, 0) is 16.1 Å². The second kappa shape index (κ2) is 6.31. The molecule has 1 heterocycles. The molecule has 0 spiro atoms. The van der Waals surface area contributed by atoms with Crippen LogP contribution in [0.1, 0.15) is 5.76 Å². The van der Waals surface area contributed by atoms with Gasteiger partial charge in [0.25, 0.3) is 0 Å². The molecule has 0 amide bonds. The first kappa shape index (κ1) is 14.1. The van der Waals surface area contributed by atoms with Crippen molar-refractivity contribution in [3.8, 4) is 11.3 Å². The summed E-state index contributed by atoms with van der Waals surface area (Å²) in [7, 11) is 0. The fourth-order valence-corrected chi connectivity index (χ4v) is 1.99. The van der Waals surface area contributed by atoms with Crippen molar-refractivity contribution < 1.29 is 14.1 Å². The Hall–Kier alpha value is -1.81. The van der Waals surface area contributed by atoms with Gasteiger partial charge in [0, 0.05) is 16.7 Å². The molecule has 0 unspecified atom stereocenters. The number of rotatable bonds is 4. The van der Waals surface area contributed by atoms with Gasteiger partial charge in [-0.25, -0.2) is 0 Å². The van der Waals surface area contributed by atoms with Crippen molar-refractivity contribution >= 4 is 17.6 Å². The quantitative estimate of drug-likeness (QED) is 0.812. The van der Waals surface area contributed by atoms with Crippen LogP contribution in [0.15, 0.2) is 34.9 Å². The monoisotopic (exact) mass is 300 g/mol. The third-order valence-corrected chi connectivity index (χ3v) is 3.19. The molecule has 3 rings (SSSR count). The third kappa shape index (κ3) is 3.45. The van der Waals surface area contributed by atoms with E-state index in [-0.39, 0.29) is 12.6 Å². The van der Waals surface area contributed by atoms with Gasteiger partial charge in [-0.05, 0) is 37.8 Å². The minimum Gasteiger partial charge on any atom is -0.457 e. The van der Waals surface area contributed by atoms with Crippen molar-refractivity contribution in [2.75, 3.05) is 0 Å². The Balaban J connectivity index is 1.60. The smallest absolute Gasteiger partial charge is 0.314 e. The molecule has 4 nitrogen and oxygen atoms in total. The molecule has 21 heavy (non-hydrogen) atoms. The number of nitrogens with zero attached hydrogens (tertiary/aromatic N) is 1. The van der Waals surface area contributed by atoms with Gasteiger partial charge in [0.2, 0.25) is 0 Å². The zero-order valence-corrected chi connectivity index (χ0v) is 11.7. The van der Waals surface area contributed by atoms with Crippen LogP contribution in [0.5, 0.6) is 0 Å². The number of ether oxygens (including phenoxy) is 1. The number of carbonyl (C=O) groups excluding carboxylic acids is 1. The van der Waals surface area contributed by atoms with E-state index in [1.807, 2.05) is 12.1 Å². The fourth-order valence-electron chi connectivity index (χ4n) is 1.87. The number of carbonyl (C=O) groups is 1. The van der Waals surface area contributed by atoms with E-state index in [4.69, 9.17) is 20.9 Å². The Kier molecular flexibility index (Phi) is 4.25. The number of halogens is 1. The lowest BCUT2D eigenvalue weighted by atomic mass is 10.1. The van der Waals surface area contributed by atoms with Gasteiger partial charge < -0.3 is 9.26 Å². The highest BCUT2D eigenvalue weighted by Crippen LogP contribution is 2.25. The second-order valence-corrected chi connectivity index (χ2v) is 4.87. The zero-order chi connectivity index (χ0) is 14.7. The average Bonchev–Trinajstić information content (AvgIpc) is 3.17. The SMILES string of the molecule is O=C(OCc1cc(-c2ccc(Cl)cc2)no1)[C]1[CH][CH][CH][CH]1. The summed E-state index contributed by atoms with van der Waals surface area (Å²) >= 11 is 5.84. The summed E-state index contributed by atoms with van der Waals surface area (Å²) < 4.78 is 10.3. The molecule has 105 valence electrons. The molecule has 0 atom stereocenters. The average molecular weight is 301 g/mol. The lowest BCUT2D eigenvalue weighted by Gasteiger charge is -2.06. The molecular formula is C16H11ClNO3. The molecule has 1 saturated carbocycles. The summed E-state index contributed by atoms with van der Waals surface area (Å²) in [6.07, 6.45) is 6.96. The molecule has 1 aliphatic rings. The molecule has 5 heteroatoms. The summed E-state index contributed by atoms with van der Waals surface area (Å²) in [6, 6.07) is 8.99. The number of aromatic nitrogens is 1. The summed E-state index contributed by atoms with van der Waals surface area (Å²) in [5.74, 6) is 0.622. The van der Waals surface area contributed by atoms with Crippen molar-refractivity contribution in [1.82, 2.24) is 5.16 Å². The first-order chi connectivity index (χ1) is 10.2. The van der Waals surface area contributed by atoms with Crippen LogP contribution < -0.4 is 0 Å².